The van der Waals surface area contributed by atoms with Crippen LogP contribution < -0.4 is 21.3 Å². The Kier molecular flexibility index (Phi) is 22.3. The van der Waals surface area contributed by atoms with Crippen LogP contribution in [0.25, 0.3) is 0 Å². The lowest BCUT2D eigenvalue weighted by molar-refractivity contribution is -0.154. The molecule has 0 saturated heterocycles. The van der Waals surface area contributed by atoms with E-state index in [1.165, 1.54) is 30.8 Å². The van der Waals surface area contributed by atoms with E-state index in [1.807, 2.05) is 26.8 Å². The summed E-state index contributed by atoms with van der Waals surface area (Å²) < 4.78 is 16.5. The summed E-state index contributed by atoms with van der Waals surface area (Å²) in [6.45, 7) is 15.4. The summed E-state index contributed by atoms with van der Waals surface area (Å²) in [5.41, 5.74) is 0.296. The number of esters is 2. The van der Waals surface area contributed by atoms with Crippen LogP contribution in [-0.2, 0) is 54.2 Å². The highest BCUT2D eigenvalue weighted by Gasteiger charge is 2.36. The second-order valence-corrected chi connectivity index (χ2v) is 17.7. The maximum atomic E-state index is 14.2. The Balaban J connectivity index is 2.48. The molecule has 1 aromatic rings. The Morgan fingerprint density at radius 1 is 0.937 bits per heavy atom. The smallest absolute Gasteiger partial charge is 0.407 e. The van der Waals surface area contributed by atoms with E-state index < -0.39 is 90.0 Å². The molecule has 6 amide bonds. The monoisotopic (exact) mass is 885 g/mol. The van der Waals surface area contributed by atoms with Crippen LogP contribution >= 0.6 is 0 Å². The number of cyclic esters (lactones) is 2. The molecule has 0 bridgehead atoms. The van der Waals surface area contributed by atoms with Crippen LogP contribution in [-0.4, -0.2) is 127 Å². The molecular weight excluding hydrogens is 813 g/mol. The van der Waals surface area contributed by atoms with Crippen LogP contribution in [0, 0.1) is 11.8 Å². The molecule has 0 fully saturated rings. The Hall–Kier alpha value is -5.48. The summed E-state index contributed by atoms with van der Waals surface area (Å²) in [6.07, 6.45) is 2.21. The summed E-state index contributed by atoms with van der Waals surface area (Å²) in [5, 5.41) is 10.9. The summed E-state index contributed by atoms with van der Waals surface area (Å²) in [4.78, 5) is 111. The second kappa shape index (κ2) is 26.2. The van der Waals surface area contributed by atoms with E-state index in [2.05, 4.69) is 21.3 Å². The average molecular weight is 885 g/mol. The van der Waals surface area contributed by atoms with Gasteiger partial charge >= 0.3 is 18.0 Å². The van der Waals surface area contributed by atoms with Gasteiger partial charge in [-0.1, -0.05) is 70.5 Å². The third-order valence-electron chi connectivity index (χ3n) is 10.5. The zero-order valence-electron chi connectivity index (χ0n) is 39.2. The summed E-state index contributed by atoms with van der Waals surface area (Å²) in [7, 11) is 2.86. The topological polar surface area (TPSA) is 219 Å². The number of benzene rings is 1. The number of allylic oxidation sites excluding steroid dienone is 1. The number of alkyl carbamates (subject to hydrolysis) is 1. The minimum atomic E-state index is -1.22. The lowest BCUT2D eigenvalue weighted by atomic mass is 9.97. The van der Waals surface area contributed by atoms with E-state index in [4.69, 9.17) is 14.2 Å². The molecule has 0 aliphatic carbocycles. The zero-order valence-corrected chi connectivity index (χ0v) is 39.2. The number of ether oxygens (including phenoxy) is 3. The van der Waals surface area contributed by atoms with Gasteiger partial charge in [-0.25, -0.2) is 14.4 Å². The number of nitrogens with one attached hydrogen (secondary N) is 4. The van der Waals surface area contributed by atoms with Gasteiger partial charge in [0.15, 0.2) is 6.10 Å². The molecule has 1 aliphatic heterocycles. The number of carbonyl (C=O) groups excluding carboxylic acids is 8. The third kappa shape index (κ3) is 19.2. The van der Waals surface area contributed by atoms with E-state index in [0.29, 0.717) is 32.1 Å². The van der Waals surface area contributed by atoms with Crippen LogP contribution in [0.5, 0.6) is 0 Å². The minimum Gasteiger partial charge on any atom is -0.464 e. The van der Waals surface area contributed by atoms with Crippen molar-refractivity contribution in [3.8, 4) is 0 Å². The van der Waals surface area contributed by atoms with Gasteiger partial charge in [0.25, 0.3) is 5.91 Å². The Morgan fingerprint density at radius 3 is 2.22 bits per heavy atom. The fraction of sp³-hybridized carbons (Fsp3) is 0.652. The number of rotatable bonds is 11. The van der Waals surface area contributed by atoms with Crippen LogP contribution in [0.2, 0.25) is 0 Å². The van der Waals surface area contributed by atoms with Crippen LogP contribution in [0.15, 0.2) is 42.0 Å². The molecule has 0 aromatic heterocycles. The number of unbranched alkanes of at least 4 members (excludes halogenated alkanes) is 1. The predicted molar refractivity (Wildman–Crippen MR) is 237 cm³/mol. The lowest BCUT2D eigenvalue weighted by Crippen LogP contribution is -2.57. The fourth-order valence-electron chi connectivity index (χ4n) is 6.63. The maximum absolute atomic E-state index is 14.2. The van der Waals surface area contributed by atoms with Crippen molar-refractivity contribution in [1.82, 2.24) is 31.1 Å². The number of amides is 6. The molecule has 1 aromatic carbocycles. The fourth-order valence-corrected chi connectivity index (χ4v) is 6.63. The third-order valence-corrected chi connectivity index (χ3v) is 10.5. The maximum Gasteiger partial charge on any atom is 0.407 e. The van der Waals surface area contributed by atoms with E-state index >= 15 is 0 Å². The van der Waals surface area contributed by atoms with Gasteiger partial charge in [0.05, 0.1) is 13.2 Å². The van der Waals surface area contributed by atoms with E-state index in [9.17, 15) is 38.4 Å². The first-order chi connectivity index (χ1) is 29.5. The molecular formula is C46H72N6O11. The van der Waals surface area contributed by atoms with Gasteiger partial charge in [-0.05, 0) is 90.5 Å². The van der Waals surface area contributed by atoms with Crippen molar-refractivity contribution in [2.24, 2.45) is 11.8 Å². The Morgan fingerprint density at radius 2 is 1.60 bits per heavy atom. The van der Waals surface area contributed by atoms with E-state index in [1.54, 1.807) is 65.0 Å². The number of hydrogen-bond acceptors (Lipinski definition) is 11. The summed E-state index contributed by atoms with van der Waals surface area (Å²) in [5.74, 6) is -4.98. The molecule has 1 aliphatic rings. The number of likely N-dealkylation sites (N-methyl/N-ethyl adjacent to an activating group) is 2. The Bertz CT molecular complexity index is 1740. The average Bonchev–Trinajstić information content (AvgIpc) is 3.21. The molecule has 2 unspecified atom stereocenters. The second-order valence-electron chi connectivity index (χ2n) is 17.7. The molecule has 4 N–H and O–H groups in total. The first kappa shape index (κ1) is 53.7. The van der Waals surface area contributed by atoms with Gasteiger partial charge in [0, 0.05) is 32.6 Å². The number of carbonyl (C=O) groups is 8. The first-order valence-electron chi connectivity index (χ1n) is 22.0. The van der Waals surface area contributed by atoms with Gasteiger partial charge in [-0.15, -0.1) is 0 Å². The molecule has 63 heavy (non-hydrogen) atoms. The lowest BCUT2D eigenvalue weighted by Gasteiger charge is -2.33. The highest BCUT2D eigenvalue weighted by Crippen LogP contribution is 2.17. The van der Waals surface area contributed by atoms with E-state index in [-0.39, 0.29) is 49.8 Å². The summed E-state index contributed by atoms with van der Waals surface area (Å²) in [6, 6.07) is 4.58. The van der Waals surface area contributed by atoms with Crippen molar-refractivity contribution >= 4 is 47.6 Å². The van der Waals surface area contributed by atoms with Crippen LogP contribution in [0.4, 0.5) is 4.79 Å². The highest BCUT2D eigenvalue weighted by molar-refractivity contribution is 5.96. The van der Waals surface area contributed by atoms with Crippen molar-refractivity contribution in [1.29, 1.82) is 0 Å². The van der Waals surface area contributed by atoms with Crippen molar-refractivity contribution < 1.29 is 52.6 Å². The molecule has 0 spiro atoms. The molecule has 17 nitrogen and oxygen atoms in total. The van der Waals surface area contributed by atoms with Crippen molar-refractivity contribution in [3.05, 3.63) is 47.5 Å². The first-order valence-corrected chi connectivity index (χ1v) is 22.0. The van der Waals surface area contributed by atoms with Crippen molar-refractivity contribution in [2.75, 3.05) is 33.8 Å². The molecule has 17 heteroatoms. The van der Waals surface area contributed by atoms with Gasteiger partial charge in [-0.2, -0.15) is 0 Å². The highest BCUT2D eigenvalue weighted by atomic mass is 16.6. The van der Waals surface area contributed by atoms with Gasteiger partial charge in [0.1, 0.15) is 29.8 Å². The SMILES string of the molecule is CCC(C)[C@@H]1NC(=O)CN(C)C(=O)[C@@H](Cc2ccccc2)N(C)C(=O)[C@H](C)NC(=O)[C@@H](CC(C)C)OC(=O)/C(C)=C/CCCOC(=O)C(CCCCNC(=O)OC(C)(C)C)NC1=O. The standard InChI is InChI=1S/C46H72N6O11/c1-12-30(4)38-40(55)49-34(23-16-18-24-47-45(60)63-46(7,8)9)44(59)61-25-19-17-20-31(5)43(58)62-36(26-29(2)3)39(54)48-32(6)41(56)52(11)35(27-33-21-14-13-15-22-33)42(57)51(10)28-37(53)50-38/h13-15,20-22,29-30,32,34-36,38H,12,16-19,23-28H2,1-11H3,(H,47,60)(H,48,54)(H,49,55)(H,50,53)/b31-20+/t30?,32-,34?,35+,36+,38-/m0/s1. The van der Waals surface area contributed by atoms with Crippen molar-refractivity contribution in [3.63, 3.8) is 0 Å². The minimum absolute atomic E-state index is 0.0415. The van der Waals surface area contributed by atoms with Gasteiger partial charge in [-0.3, -0.25) is 24.0 Å². The molecule has 352 valence electrons. The van der Waals surface area contributed by atoms with Crippen LogP contribution in [0.3, 0.4) is 0 Å². The quantitative estimate of drug-likeness (QED) is 0.142. The number of hydrogen-bond donors (Lipinski definition) is 4. The molecule has 6 atom stereocenters. The molecule has 1 heterocycles. The van der Waals surface area contributed by atoms with Gasteiger partial charge < -0.3 is 45.3 Å². The van der Waals surface area contributed by atoms with Gasteiger partial charge in [0.2, 0.25) is 23.6 Å². The summed E-state index contributed by atoms with van der Waals surface area (Å²) >= 11 is 0. The zero-order chi connectivity index (χ0) is 47.4. The molecule has 0 radical (unpaired) electrons. The largest absolute Gasteiger partial charge is 0.464 e. The normalized spacial score (nSPS) is 23.8. The Labute approximate surface area is 373 Å². The van der Waals surface area contributed by atoms with Crippen LogP contribution in [0.1, 0.15) is 113 Å². The molecule has 2 rings (SSSR count). The van der Waals surface area contributed by atoms with Crippen molar-refractivity contribution in [2.45, 2.75) is 150 Å². The predicted octanol–water partition coefficient (Wildman–Crippen LogP) is 3.97. The molecule has 0 saturated carbocycles. The van der Waals surface area contributed by atoms with E-state index in [0.717, 1.165) is 5.56 Å². The number of nitrogens with zero attached hydrogens (tertiary/aromatic N) is 2.